The molecule has 3 heteroatoms. The minimum atomic E-state index is -0.500. The summed E-state index contributed by atoms with van der Waals surface area (Å²) in [5.41, 5.74) is 0.975. The van der Waals surface area contributed by atoms with Crippen molar-refractivity contribution in [2.75, 3.05) is 5.75 Å². The number of aliphatic hydroxyl groups excluding tert-OH is 1. The highest BCUT2D eigenvalue weighted by Crippen LogP contribution is 2.30. The van der Waals surface area contributed by atoms with Crippen molar-refractivity contribution in [3.05, 3.63) is 77.3 Å². The van der Waals surface area contributed by atoms with Gasteiger partial charge in [0.1, 0.15) is 0 Å². The van der Waals surface area contributed by atoms with Crippen molar-refractivity contribution in [3.8, 4) is 0 Å². The molecule has 0 spiro atoms. The van der Waals surface area contributed by atoms with Gasteiger partial charge in [-0.05, 0) is 34.5 Å². The average molecular weight is 315 g/mol. The molecule has 0 bridgehead atoms. The fourth-order valence-electron chi connectivity index (χ4n) is 2.36. The van der Waals surface area contributed by atoms with Crippen molar-refractivity contribution in [2.45, 2.75) is 11.0 Å². The quantitative estimate of drug-likeness (QED) is 0.658. The molecule has 3 aromatic carbocycles. The molecule has 0 aliphatic heterocycles. The van der Waals surface area contributed by atoms with E-state index >= 15 is 0 Å². The van der Waals surface area contributed by atoms with Gasteiger partial charge < -0.3 is 5.11 Å². The molecule has 0 saturated carbocycles. The highest BCUT2D eigenvalue weighted by molar-refractivity contribution is 7.99. The summed E-state index contributed by atoms with van der Waals surface area (Å²) < 4.78 is 0. The first kappa shape index (κ1) is 14.5. The van der Waals surface area contributed by atoms with E-state index in [-0.39, 0.29) is 0 Å². The first-order valence-corrected chi connectivity index (χ1v) is 8.14. The van der Waals surface area contributed by atoms with Gasteiger partial charge in [-0.15, -0.1) is 11.8 Å². The Hall–Kier alpha value is -1.48. The van der Waals surface area contributed by atoms with Crippen LogP contribution in [0.5, 0.6) is 0 Å². The van der Waals surface area contributed by atoms with Gasteiger partial charge in [0.2, 0.25) is 0 Å². The summed E-state index contributed by atoms with van der Waals surface area (Å²) in [6, 6.07) is 21.9. The topological polar surface area (TPSA) is 20.2 Å². The van der Waals surface area contributed by atoms with Crippen molar-refractivity contribution >= 4 is 34.1 Å². The van der Waals surface area contributed by atoms with E-state index in [0.717, 1.165) is 26.3 Å². The zero-order chi connectivity index (χ0) is 14.7. The smallest absolute Gasteiger partial charge is 0.0889 e. The Labute approximate surface area is 133 Å². The van der Waals surface area contributed by atoms with E-state index in [4.69, 9.17) is 11.6 Å². The van der Waals surface area contributed by atoms with Gasteiger partial charge in [-0.2, -0.15) is 0 Å². The number of fused-ring (bicyclic) bond motifs is 1. The number of hydrogen-bond acceptors (Lipinski definition) is 2. The molecule has 106 valence electrons. The van der Waals surface area contributed by atoms with Crippen LogP contribution in [-0.4, -0.2) is 10.9 Å². The fourth-order valence-corrected chi connectivity index (χ4v) is 3.53. The van der Waals surface area contributed by atoms with Gasteiger partial charge in [0.05, 0.1) is 6.10 Å². The van der Waals surface area contributed by atoms with E-state index in [0.29, 0.717) is 5.75 Å². The second kappa shape index (κ2) is 6.52. The Bertz CT molecular complexity index is 752. The Morgan fingerprint density at radius 3 is 2.57 bits per heavy atom. The van der Waals surface area contributed by atoms with Gasteiger partial charge in [-0.1, -0.05) is 60.1 Å². The van der Waals surface area contributed by atoms with Crippen molar-refractivity contribution in [1.82, 2.24) is 0 Å². The molecule has 0 amide bonds. The normalized spacial score (nSPS) is 12.5. The second-order valence-corrected chi connectivity index (χ2v) is 6.38. The van der Waals surface area contributed by atoms with E-state index < -0.39 is 6.10 Å². The number of aliphatic hydroxyl groups is 1. The third-order valence-corrected chi connectivity index (χ3v) is 4.69. The summed E-state index contributed by atoms with van der Waals surface area (Å²) in [6.45, 7) is 0. The highest BCUT2D eigenvalue weighted by Gasteiger charge is 2.11. The Balaban J connectivity index is 1.79. The minimum absolute atomic E-state index is 0.500. The first-order valence-electron chi connectivity index (χ1n) is 6.78. The predicted molar refractivity (Wildman–Crippen MR) is 91.1 cm³/mol. The molecule has 1 unspecified atom stereocenters. The van der Waals surface area contributed by atoms with Crippen molar-refractivity contribution < 1.29 is 5.11 Å². The summed E-state index contributed by atoms with van der Waals surface area (Å²) in [7, 11) is 0. The van der Waals surface area contributed by atoms with Gasteiger partial charge in [0, 0.05) is 15.7 Å². The summed E-state index contributed by atoms with van der Waals surface area (Å²) in [5, 5.41) is 13.5. The van der Waals surface area contributed by atoms with Gasteiger partial charge >= 0.3 is 0 Å². The molecule has 0 saturated heterocycles. The molecule has 0 fully saturated rings. The largest absolute Gasteiger partial charge is 0.388 e. The van der Waals surface area contributed by atoms with E-state index in [1.54, 1.807) is 11.8 Å². The van der Waals surface area contributed by atoms with Crippen molar-refractivity contribution in [3.63, 3.8) is 0 Å². The van der Waals surface area contributed by atoms with Gasteiger partial charge in [0.15, 0.2) is 0 Å². The van der Waals surface area contributed by atoms with Crippen LogP contribution in [0.2, 0.25) is 5.02 Å². The lowest BCUT2D eigenvalue weighted by atomic mass is 10.0. The molecule has 21 heavy (non-hydrogen) atoms. The maximum atomic E-state index is 10.5. The van der Waals surface area contributed by atoms with Crippen LogP contribution in [0.1, 0.15) is 11.7 Å². The lowest BCUT2D eigenvalue weighted by Gasteiger charge is -2.13. The van der Waals surface area contributed by atoms with E-state index in [9.17, 15) is 5.11 Å². The predicted octanol–water partition coefficient (Wildman–Crippen LogP) is 5.32. The standard InChI is InChI=1S/C18H15ClOS/c19-14-7-4-8-15(11-14)21-12-18(20)17-10-3-6-13-5-1-2-9-16(13)17/h1-11,18,20H,12H2. The SMILES string of the molecule is OC(CSc1cccc(Cl)c1)c1cccc2ccccc12. The Morgan fingerprint density at radius 1 is 0.952 bits per heavy atom. The molecule has 0 aliphatic carbocycles. The average Bonchev–Trinajstić information content (AvgIpc) is 2.52. The molecular weight excluding hydrogens is 300 g/mol. The molecule has 1 atom stereocenters. The first-order chi connectivity index (χ1) is 10.2. The van der Waals surface area contributed by atoms with Crippen LogP contribution in [0.25, 0.3) is 10.8 Å². The number of thioether (sulfide) groups is 1. The molecule has 0 heterocycles. The monoisotopic (exact) mass is 314 g/mol. The highest BCUT2D eigenvalue weighted by atomic mass is 35.5. The summed E-state index contributed by atoms with van der Waals surface area (Å²) in [5.74, 6) is 0.606. The minimum Gasteiger partial charge on any atom is -0.388 e. The lowest BCUT2D eigenvalue weighted by Crippen LogP contribution is -2.01. The number of benzene rings is 3. The molecule has 0 aliphatic rings. The van der Waals surface area contributed by atoms with Crippen LogP contribution in [0.15, 0.2) is 71.6 Å². The maximum Gasteiger partial charge on any atom is 0.0889 e. The molecular formula is C18H15ClOS. The zero-order valence-electron chi connectivity index (χ0n) is 11.4. The Morgan fingerprint density at radius 2 is 1.71 bits per heavy atom. The zero-order valence-corrected chi connectivity index (χ0v) is 12.9. The molecule has 0 aromatic heterocycles. The molecule has 0 radical (unpaired) electrons. The van der Waals surface area contributed by atoms with Crippen LogP contribution in [0, 0.1) is 0 Å². The summed E-state index contributed by atoms with van der Waals surface area (Å²) in [6.07, 6.45) is -0.500. The van der Waals surface area contributed by atoms with Crippen molar-refractivity contribution in [1.29, 1.82) is 0 Å². The molecule has 1 N–H and O–H groups in total. The number of halogens is 1. The summed E-state index contributed by atoms with van der Waals surface area (Å²) in [4.78, 5) is 1.07. The van der Waals surface area contributed by atoms with Gasteiger partial charge in [-0.25, -0.2) is 0 Å². The second-order valence-electron chi connectivity index (χ2n) is 4.85. The molecule has 3 rings (SSSR count). The number of rotatable bonds is 4. The van der Waals surface area contributed by atoms with Crippen LogP contribution >= 0.6 is 23.4 Å². The van der Waals surface area contributed by atoms with Crippen LogP contribution in [0.4, 0.5) is 0 Å². The van der Waals surface area contributed by atoms with E-state index in [2.05, 4.69) is 18.2 Å². The summed E-state index contributed by atoms with van der Waals surface area (Å²) >= 11 is 7.59. The van der Waals surface area contributed by atoms with E-state index in [1.165, 1.54) is 0 Å². The molecule has 3 aromatic rings. The van der Waals surface area contributed by atoms with Gasteiger partial charge in [-0.3, -0.25) is 0 Å². The van der Waals surface area contributed by atoms with Gasteiger partial charge in [0.25, 0.3) is 0 Å². The van der Waals surface area contributed by atoms with Crippen molar-refractivity contribution in [2.24, 2.45) is 0 Å². The Kier molecular flexibility index (Phi) is 4.49. The van der Waals surface area contributed by atoms with E-state index in [1.807, 2.05) is 48.5 Å². The third-order valence-electron chi connectivity index (χ3n) is 3.39. The van der Waals surface area contributed by atoms with Crippen LogP contribution < -0.4 is 0 Å². The third kappa shape index (κ3) is 3.41. The fraction of sp³-hybridized carbons (Fsp3) is 0.111. The maximum absolute atomic E-state index is 10.5. The van der Waals surface area contributed by atoms with Crippen LogP contribution in [-0.2, 0) is 0 Å². The number of hydrogen-bond donors (Lipinski definition) is 1. The van der Waals surface area contributed by atoms with Crippen LogP contribution in [0.3, 0.4) is 0 Å². The lowest BCUT2D eigenvalue weighted by molar-refractivity contribution is 0.205. The molecule has 1 nitrogen and oxygen atoms in total.